The number of rotatable bonds is 6. The van der Waals surface area contributed by atoms with Crippen LogP contribution in [0.15, 0.2) is 48.8 Å². The molecule has 0 aliphatic carbocycles. The van der Waals surface area contributed by atoms with Gasteiger partial charge in [0.2, 0.25) is 0 Å². The van der Waals surface area contributed by atoms with Crippen LogP contribution in [0.25, 0.3) is 0 Å². The van der Waals surface area contributed by atoms with Crippen LogP contribution in [0, 0.1) is 0 Å². The van der Waals surface area contributed by atoms with Crippen LogP contribution < -0.4 is 5.32 Å². The Kier molecular flexibility index (Phi) is 4.50. The number of carboxylic acid groups (broad SMARTS) is 1. The Hall–Kier alpha value is -2.36. The molecule has 0 saturated carbocycles. The van der Waals surface area contributed by atoms with Gasteiger partial charge in [0.15, 0.2) is 0 Å². The number of pyridine rings is 1. The maximum atomic E-state index is 11.0. The van der Waals surface area contributed by atoms with E-state index >= 15 is 0 Å². The molecule has 0 aliphatic heterocycles. The first-order valence-electron chi connectivity index (χ1n) is 6.22. The van der Waals surface area contributed by atoms with E-state index in [1.165, 1.54) is 11.8 Å². The molecular formula is C15H16N2O2. The van der Waals surface area contributed by atoms with Gasteiger partial charge in [-0.2, -0.15) is 0 Å². The number of carboxylic acids is 1. The summed E-state index contributed by atoms with van der Waals surface area (Å²) in [6.45, 7) is 0.735. The Labute approximate surface area is 112 Å². The van der Waals surface area contributed by atoms with Crippen LogP contribution >= 0.6 is 0 Å². The van der Waals surface area contributed by atoms with Crippen molar-refractivity contribution in [2.24, 2.45) is 0 Å². The van der Waals surface area contributed by atoms with Gasteiger partial charge in [0, 0.05) is 18.9 Å². The summed E-state index contributed by atoms with van der Waals surface area (Å²) in [6.07, 6.45) is 4.88. The number of hydrogen-bond donors (Lipinski definition) is 2. The summed E-state index contributed by atoms with van der Waals surface area (Å²) in [7, 11) is 0. The molecule has 2 N–H and O–H groups in total. The van der Waals surface area contributed by atoms with Crippen molar-refractivity contribution in [3.63, 3.8) is 0 Å². The van der Waals surface area contributed by atoms with E-state index in [-0.39, 0.29) is 5.56 Å². The van der Waals surface area contributed by atoms with Crippen molar-refractivity contribution in [2.75, 3.05) is 11.9 Å². The summed E-state index contributed by atoms with van der Waals surface area (Å²) < 4.78 is 0. The number of nitrogens with zero attached hydrogens (tertiary/aromatic N) is 1. The van der Waals surface area contributed by atoms with Crippen LogP contribution in [0.4, 0.5) is 5.69 Å². The fourth-order valence-electron chi connectivity index (χ4n) is 1.88. The van der Waals surface area contributed by atoms with Gasteiger partial charge < -0.3 is 10.4 Å². The number of nitrogens with one attached hydrogen (secondary N) is 1. The monoisotopic (exact) mass is 256 g/mol. The summed E-state index contributed by atoms with van der Waals surface area (Å²) in [4.78, 5) is 14.8. The fraction of sp³-hybridized carbons (Fsp3) is 0.200. The Morgan fingerprint density at radius 1 is 1.21 bits per heavy atom. The number of aromatic carboxylic acids is 1. The standard InChI is InChI=1S/C15H16N2O2/c18-15(19)13-11-16-10-8-14(13)17-9-4-7-12-5-2-1-3-6-12/h1-3,5-6,8,10-11H,4,7,9H2,(H,16,17)(H,18,19). The molecule has 1 aromatic heterocycles. The van der Waals surface area contributed by atoms with Gasteiger partial charge in [-0.05, 0) is 24.5 Å². The maximum absolute atomic E-state index is 11.0. The smallest absolute Gasteiger partial charge is 0.339 e. The highest BCUT2D eigenvalue weighted by Gasteiger charge is 2.08. The van der Waals surface area contributed by atoms with Gasteiger partial charge in [0.25, 0.3) is 0 Å². The minimum atomic E-state index is -0.960. The van der Waals surface area contributed by atoms with E-state index < -0.39 is 5.97 Å². The summed E-state index contributed by atoms with van der Waals surface area (Å²) in [5.41, 5.74) is 2.12. The number of aromatic nitrogens is 1. The zero-order chi connectivity index (χ0) is 13.5. The van der Waals surface area contributed by atoms with E-state index in [0.29, 0.717) is 5.69 Å². The van der Waals surface area contributed by atoms with Crippen LogP contribution in [0.5, 0.6) is 0 Å². The van der Waals surface area contributed by atoms with Gasteiger partial charge in [-0.1, -0.05) is 30.3 Å². The SMILES string of the molecule is O=C(O)c1cnccc1NCCCc1ccccc1. The average Bonchev–Trinajstić information content (AvgIpc) is 2.45. The van der Waals surface area contributed by atoms with Gasteiger partial charge in [0.1, 0.15) is 5.56 Å². The summed E-state index contributed by atoms with van der Waals surface area (Å²) in [6, 6.07) is 11.9. The molecule has 4 heteroatoms. The van der Waals surface area contributed by atoms with Gasteiger partial charge in [-0.25, -0.2) is 4.79 Å². The number of anilines is 1. The number of benzene rings is 1. The van der Waals surface area contributed by atoms with Gasteiger partial charge in [-0.3, -0.25) is 4.98 Å². The van der Waals surface area contributed by atoms with Gasteiger partial charge >= 0.3 is 5.97 Å². The van der Waals surface area contributed by atoms with Crippen molar-refractivity contribution in [3.8, 4) is 0 Å². The maximum Gasteiger partial charge on any atom is 0.339 e. The Bertz CT molecular complexity index is 541. The molecule has 1 heterocycles. The largest absolute Gasteiger partial charge is 0.478 e. The lowest BCUT2D eigenvalue weighted by atomic mass is 10.1. The lowest BCUT2D eigenvalue weighted by Crippen LogP contribution is -2.08. The topological polar surface area (TPSA) is 62.2 Å². The van der Waals surface area contributed by atoms with Gasteiger partial charge in [-0.15, -0.1) is 0 Å². The molecule has 0 aliphatic rings. The van der Waals surface area contributed by atoms with Crippen molar-refractivity contribution >= 4 is 11.7 Å². The highest BCUT2D eigenvalue weighted by molar-refractivity contribution is 5.93. The first kappa shape index (κ1) is 13.1. The van der Waals surface area contributed by atoms with Crippen LogP contribution in [-0.4, -0.2) is 22.6 Å². The minimum absolute atomic E-state index is 0.210. The zero-order valence-corrected chi connectivity index (χ0v) is 10.5. The molecule has 0 bridgehead atoms. The number of aryl methyl sites for hydroxylation is 1. The molecule has 0 saturated heterocycles. The molecule has 0 atom stereocenters. The van der Waals surface area contributed by atoms with Crippen molar-refractivity contribution in [1.82, 2.24) is 4.98 Å². The molecule has 19 heavy (non-hydrogen) atoms. The minimum Gasteiger partial charge on any atom is -0.478 e. The first-order valence-corrected chi connectivity index (χ1v) is 6.22. The van der Waals surface area contributed by atoms with Crippen LogP contribution in [0.3, 0.4) is 0 Å². The molecule has 98 valence electrons. The summed E-state index contributed by atoms with van der Waals surface area (Å²) in [5.74, 6) is -0.960. The van der Waals surface area contributed by atoms with E-state index in [9.17, 15) is 4.79 Å². The molecule has 0 fully saturated rings. The second kappa shape index (κ2) is 6.54. The molecule has 1 aromatic carbocycles. The predicted octanol–water partition coefficient (Wildman–Crippen LogP) is 2.82. The van der Waals surface area contributed by atoms with E-state index in [1.807, 2.05) is 18.2 Å². The predicted molar refractivity (Wildman–Crippen MR) is 74.4 cm³/mol. The molecule has 0 spiro atoms. The van der Waals surface area contributed by atoms with Crippen LogP contribution in [0.2, 0.25) is 0 Å². The zero-order valence-electron chi connectivity index (χ0n) is 10.5. The molecule has 0 unspecified atom stereocenters. The van der Waals surface area contributed by atoms with E-state index in [2.05, 4.69) is 22.4 Å². The van der Waals surface area contributed by atoms with E-state index in [1.54, 1.807) is 12.3 Å². The third kappa shape index (κ3) is 3.81. The molecule has 2 aromatic rings. The van der Waals surface area contributed by atoms with Crippen LogP contribution in [0.1, 0.15) is 22.3 Å². The second-order valence-corrected chi connectivity index (χ2v) is 4.24. The second-order valence-electron chi connectivity index (χ2n) is 4.24. The Morgan fingerprint density at radius 2 is 2.00 bits per heavy atom. The average molecular weight is 256 g/mol. The first-order chi connectivity index (χ1) is 9.27. The molecule has 2 rings (SSSR count). The van der Waals surface area contributed by atoms with Crippen molar-refractivity contribution < 1.29 is 9.90 Å². The fourth-order valence-corrected chi connectivity index (χ4v) is 1.88. The van der Waals surface area contributed by atoms with Crippen molar-refractivity contribution in [3.05, 3.63) is 59.9 Å². The van der Waals surface area contributed by atoms with Gasteiger partial charge in [0.05, 0.1) is 5.69 Å². The third-order valence-corrected chi connectivity index (χ3v) is 2.85. The van der Waals surface area contributed by atoms with Crippen molar-refractivity contribution in [2.45, 2.75) is 12.8 Å². The molecule has 0 radical (unpaired) electrons. The lowest BCUT2D eigenvalue weighted by molar-refractivity contribution is 0.0697. The third-order valence-electron chi connectivity index (χ3n) is 2.85. The number of carbonyl (C=O) groups is 1. The summed E-state index contributed by atoms with van der Waals surface area (Å²) in [5, 5.41) is 12.2. The Balaban J connectivity index is 1.85. The van der Waals surface area contributed by atoms with Crippen LogP contribution in [-0.2, 0) is 6.42 Å². The molecule has 0 amide bonds. The van der Waals surface area contributed by atoms with E-state index in [0.717, 1.165) is 19.4 Å². The number of hydrogen-bond acceptors (Lipinski definition) is 3. The lowest BCUT2D eigenvalue weighted by Gasteiger charge is -2.08. The highest BCUT2D eigenvalue weighted by Crippen LogP contribution is 2.13. The molecular weight excluding hydrogens is 240 g/mol. The quantitative estimate of drug-likeness (QED) is 0.780. The summed E-state index contributed by atoms with van der Waals surface area (Å²) >= 11 is 0. The highest BCUT2D eigenvalue weighted by atomic mass is 16.4. The molecule has 4 nitrogen and oxygen atoms in total. The normalized spacial score (nSPS) is 10.1. The van der Waals surface area contributed by atoms with E-state index in [4.69, 9.17) is 5.11 Å². The van der Waals surface area contributed by atoms with Crippen molar-refractivity contribution in [1.29, 1.82) is 0 Å². The Morgan fingerprint density at radius 3 is 2.74 bits per heavy atom.